The first kappa shape index (κ1) is 12.3. The summed E-state index contributed by atoms with van der Waals surface area (Å²) in [5.41, 5.74) is 6.82. The van der Waals surface area contributed by atoms with E-state index in [2.05, 4.69) is 39.3 Å². The molecule has 0 spiro atoms. The molecule has 0 aliphatic rings. The van der Waals surface area contributed by atoms with Crippen LogP contribution in [0.5, 0.6) is 0 Å². The number of nitrogens with one attached hydrogen (secondary N) is 1. The number of benzene rings is 1. The Morgan fingerprint density at radius 3 is 2.50 bits per heavy atom. The highest BCUT2D eigenvalue weighted by Crippen LogP contribution is 2.20. The van der Waals surface area contributed by atoms with Gasteiger partial charge in [0.05, 0.1) is 6.04 Å². The zero-order valence-corrected chi connectivity index (χ0v) is 10.6. The molecule has 1 heterocycles. The van der Waals surface area contributed by atoms with Crippen molar-refractivity contribution < 1.29 is 0 Å². The first-order valence-corrected chi connectivity index (χ1v) is 5.98. The number of nitrogens with two attached hydrogens (primary N) is 1. The van der Waals surface area contributed by atoms with Gasteiger partial charge in [0.2, 0.25) is 11.9 Å². The monoisotopic (exact) mass is 243 g/mol. The largest absolute Gasteiger partial charge is 0.368 e. The first-order valence-electron chi connectivity index (χ1n) is 5.98. The Hall–Kier alpha value is -2.17. The third kappa shape index (κ3) is 2.94. The van der Waals surface area contributed by atoms with Crippen molar-refractivity contribution in [2.75, 3.05) is 11.1 Å². The number of aryl methyl sites for hydroxylation is 1. The van der Waals surface area contributed by atoms with Gasteiger partial charge in [-0.05, 0) is 18.9 Å². The Balaban J connectivity index is 2.20. The maximum absolute atomic E-state index is 5.61. The summed E-state index contributed by atoms with van der Waals surface area (Å²) in [7, 11) is 0. The predicted molar refractivity (Wildman–Crippen MR) is 72.1 cm³/mol. The van der Waals surface area contributed by atoms with Gasteiger partial charge < -0.3 is 11.1 Å². The summed E-state index contributed by atoms with van der Waals surface area (Å²) in [5.74, 6) is 1.39. The molecule has 94 valence electrons. The van der Waals surface area contributed by atoms with Gasteiger partial charge in [-0.3, -0.25) is 0 Å². The number of rotatable bonds is 4. The summed E-state index contributed by atoms with van der Waals surface area (Å²) in [4.78, 5) is 12.3. The van der Waals surface area contributed by atoms with E-state index in [9.17, 15) is 0 Å². The molecule has 5 nitrogen and oxygen atoms in total. The molecule has 1 atom stereocenters. The number of hydrogen-bond acceptors (Lipinski definition) is 5. The summed E-state index contributed by atoms with van der Waals surface area (Å²) in [6.07, 6.45) is 0.939. The molecule has 2 rings (SSSR count). The van der Waals surface area contributed by atoms with E-state index in [1.54, 1.807) is 6.92 Å². The lowest BCUT2D eigenvalue weighted by Gasteiger charge is -2.17. The molecule has 0 amide bonds. The fourth-order valence-electron chi connectivity index (χ4n) is 1.83. The van der Waals surface area contributed by atoms with E-state index in [4.69, 9.17) is 5.73 Å². The Morgan fingerprint density at radius 2 is 1.89 bits per heavy atom. The highest BCUT2D eigenvalue weighted by molar-refractivity contribution is 5.35. The minimum absolute atomic E-state index is 0.174. The molecular weight excluding hydrogens is 226 g/mol. The molecule has 1 aromatic carbocycles. The zero-order valence-electron chi connectivity index (χ0n) is 10.6. The normalized spacial score (nSPS) is 12.1. The maximum Gasteiger partial charge on any atom is 0.228 e. The molecule has 0 aliphatic heterocycles. The molecule has 1 unspecified atom stereocenters. The Labute approximate surface area is 106 Å². The van der Waals surface area contributed by atoms with Crippen molar-refractivity contribution in [3.63, 3.8) is 0 Å². The van der Waals surface area contributed by atoms with E-state index < -0.39 is 0 Å². The van der Waals surface area contributed by atoms with Crippen molar-refractivity contribution in [2.24, 2.45) is 0 Å². The molecule has 0 fully saturated rings. The summed E-state index contributed by atoms with van der Waals surface area (Å²) >= 11 is 0. The van der Waals surface area contributed by atoms with E-state index in [0.717, 1.165) is 6.42 Å². The quantitative estimate of drug-likeness (QED) is 0.861. The van der Waals surface area contributed by atoms with Crippen molar-refractivity contribution in [2.45, 2.75) is 26.3 Å². The van der Waals surface area contributed by atoms with Crippen LogP contribution in [-0.2, 0) is 0 Å². The Bertz CT molecular complexity index is 492. The molecule has 0 aliphatic carbocycles. The summed E-state index contributed by atoms with van der Waals surface area (Å²) in [6.45, 7) is 3.91. The predicted octanol–water partition coefficient (Wildman–Crippen LogP) is 2.33. The number of aromatic nitrogens is 3. The first-order chi connectivity index (χ1) is 8.69. The molecule has 1 aromatic heterocycles. The van der Waals surface area contributed by atoms with Gasteiger partial charge in [0.25, 0.3) is 0 Å². The lowest BCUT2D eigenvalue weighted by atomic mass is 10.1. The van der Waals surface area contributed by atoms with Crippen LogP contribution in [0.1, 0.15) is 30.8 Å². The highest BCUT2D eigenvalue weighted by Gasteiger charge is 2.10. The maximum atomic E-state index is 5.61. The average molecular weight is 243 g/mol. The van der Waals surface area contributed by atoms with Crippen LogP contribution in [0.4, 0.5) is 11.9 Å². The van der Waals surface area contributed by atoms with Gasteiger partial charge in [-0.2, -0.15) is 15.0 Å². The van der Waals surface area contributed by atoms with Crippen LogP contribution in [0.15, 0.2) is 30.3 Å². The van der Waals surface area contributed by atoms with E-state index >= 15 is 0 Å². The van der Waals surface area contributed by atoms with Crippen LogP contribution in [-0.4, -0.2) is 15.0 Å². The van der Waals surface area contributed by atoms with Gasteiger partial charge in [0.15, 0.2) is 0 Å². The second-order valence-electron chi connectivity index (χ2n) is 4.08. The van der Waals surface area contributed by atoms with Crippen molar-refractivity contribution in [1.29, 1.82) is 0 Å². The Kier molecular flexibility index (Phi) is 3.72. The molecule has 0 saturated heterocycles. The molecule has 18 heavy (non-hydrogen) atoms. The number of nitrogens with zero attached hydrogens (tertiary/aromatic N) is 3. The van der Waals surface area contributed by atoms with E-state index in [1.165, 1.54) is 5.56 Å². The zero-order chi connectivity index (χ0) is 13.0. The minimum Gasteiger partial charge on any atom is -0.368 e. The van der Waals surface area contributed by atoms with Gasteiger partial charge in [-0.25, -0.2) is 0 Å². The van der Waals surface area contributed by atoms with Crippen molar-refractivity contribution >= 4 is 11.9 Å². The van der Waals surface area contributed by atoms with Gasteiger partial charge in [0, 0.05) is 0 Å². The van der Waals surface area contributed by atoms with Gasteiger partial charge in [-0.1, -0.05) is 37.3 Å². The van der Waals surface area contributed by atoms with E-state index in [-0.39, 0.29) is 12.0 Å². The standard InChI is InChI=1S/C13H17N5/c1-3-11(10-7-5-4-6-8-10)17-13-16-9(2)15-12(14)18-13/h4-8,11H,3H2,1-2H3,(H3,14,15,16,17,18). The van der Waals surface area contributed by atoms with E-state index in [1.807, 2.05) is 18.2 Å². The van der Waals surface area contributed by atoms with Crippen LogP contribution in [0, 0.1) is 6.92 Å². The Morgan fingerprint density at radius 1 is 1.17 bits per heavy atom. The fraction of sp³-hybridized carbons (Fsp3) is 0.308. The molecule has 0 radical (unpaired) electrons. The second kappa shape index (κ2) is 5.44. The van der Waals surface area contributed by atoms with Crippen molar-refractivity contribution in [3.05, 3.63) is 41.7 Å². The van der Waals surface area contributed by atoms with Gasteiger partial charge in [-0.15, -0.1) is 0 Å². The topological polar surface area (TPSA) is 76.7 Å². The smallest absolute Gasteiger partial charge is 0.228 e. The molecular formula is C13H17N5. The fourth-order valence-corrected chi connectivity index (χ4v) is 1.83. The molecule has 0 saturated carbocycles. The molecule has 0 bridgehead atoms. The molecule has 3 N–H and O–H groups in total. The lowest BCUT2D eigenvalue weighted by Crippen LogP contribution is -2.14. The van der Waals surface area contributed by atoms with Crippen molar-refractivity contribution in [1.82, 2.24) is 15.0 Å². The SMILES string of the molecule is CCC(Nc1nc(C)nc(N)n1)c1ccccc1. The average Bonchev–Trinajstić information content (AvgIpc) is 2.36. The number of hydrogen-bond donors (Lipinski definition) is 2. The third-order valence-electron chi connectivity index (χ3n) is 2.68. The van der Waals surface area contributed by atoms with Gasteiger partial charge in [0.1, 0.15) is 5.82 Å². The summed E-state index contributed by atoms with van der Waals surface area (Å²) in [5, 5.41) is 3.28. The van der Waals surface area contributed by atoms with Gasteiger partial charge >= 0.3 is 0 Å². The van der Waals surface area contributed by atoms with Crippen LogP contribution in [0.2, 0.25) is 0 Å². The van der Waals surface area contributed by atoms with Crippen LogP contribution in [0.25, 0.3) is 0 Å². The second-order valence-corrected chi connectivity index (χ2v) is 4.08. The number of nitrogen functional groups attached to an aromatic ring is 1. The highest BCUT2D eigenvalue weighted by atomic mass is 15.2. The van der Waals surface area contributed by atoms with Crippen LogP contribution < -0.4 is 11.1 Å². The van der Waals surface area contributed by atoms with Crippen LogP contribution in [0.3, 0.4) is 0 Å². The molecule has 2 aromatic rings. The summed E-state index contributed by atoms with van der Waals surface area (Å²) < 4.78 is 0. The number of anilines is 2. The van der Waals surface area contributed by atoms with E-state index in [0.29, 0.717) is 11.8 Å². The lowest BCUT2D eigenvalue weighted by molar-refractivity contribution is 0.735. The summed E-state index contributed by atoms with van der Waals surface area (Å²) in [6, 6.07) is 10.4. The minimum atomic E-state index is 0.174. The third-order valence-corrected chi connectivity index (χ3v) is 2.68. The van der Waals surface area contributed by atoms with Crippen LogP contribution >= 0.6 is 0 Å². The molecule has 5 heteroatoms. The van der Waals surface area contributed by atoms with Crippen molar-refractivity contribution in [3.8, 4) is 0 Å².